The van der Waals surface area contributed by atoms with Crippen LogP contribution in [0.2, 0.25) is 15.1 Å². The van der Waals surface area contributed by atoms with Crippen LogP contribution in [0.4, 0.5) is 0 Å². The number of fused-ring (bicyclic) bond motifs is 1. The highest BCUT2D eigenvalue weighted by atomic mass is 35.5. The lowest BCUT2D eigenvalue weighted by atomic mass is 10.0. The first-order valence-electron chi connectivity index (χ1n) is 9.21. The van der Waals surface area contributed by atoms with E-state index in [2.05, 4.69) is 11.2 Å². The molecular formula is C22H17Cl3N2O2. The maximum atomic E-state index is 11.9. The summed E-state index contributed by atoms with van der Waals surface area (Å²) in [7, 11) is 0. The minimum atomic E-state index is -1.04. The van der Waals surface area contributed by atoms with Crippen LogP contribution in [-0.2, 0) is 6.42 Å². The molecular weight excluding hydrogens is 431 g/mol. The van der Waals surface area contributed by atoms with E-state index in [4.69, 9.17) is 34.8 Å². The number of hydrogen-bond acceptors (Lipinski definition) is 2. The molecule has 0 unspecified atom stereocenters. The van der Waals surface area contributed by atoms with Crippen molar-refractivity contribution in [3.63, 3.8) is 0 Å². The average Bonchev–Trinajstić information content (AvgIpc) is 2.93. The van der Waals surface area contributed by atoms with E-state index in [1.165, 1.54) is 0 Å². The quantitative estimate of drug-likeness (QED) is 0.449. The van der Waals surface area contributed by atoms with Crippen LogP contribution in [0.1, 0.15) is 46.6 Å². The fourth-order valence-electron chi connectivity index (χ4n) is 3.65. The topological polar surface area (TPSA) is 55.1 Å². The molecule has 4 nitrogen and oxygen atoms in total. The van der Waals surface area contributed by atoms with Gasteiger partial charge in [0.25, 0.3) is 0 Å². The highest BCUT2D eigenvalue weighted by molar-refractivity contribution is 6.35. The zero-order valence-electron chi connectivity index (χ0n) is 15.3. The minimum absolute atomic E-state index is 0.0647. The molecule has 0 atom stereocenters. The van der Waals surface area contributed by atoms with Gasteiger partial charge in [-0.25, -0.2) is 9.48 Å². The SMILES string of the molecule is O=C(O)c1nn(-c2ccc(Cl)cc2Cl)c2c1CCCC/C2=C\c1ccc(Cl)cc1. The summed E-state index contributed by atoms with van der Waals surface area (Å²) in [6.07, 6.45) is 5.38. The number of aromatic carboxylic acids is 1. The Bertz CT molecular complexity index is 1120. The smallest absolute Gasteiger partial charge is 0.356 e. The zero-order chi connectivity index (χ0) is 20.5. The molecule has 1 heterocycles. The Morgan fingerprint density at radius 3 is 2.38 bits per heavy atom. The second-order valence-corrected chi connectivity index (χ2v) is 8.20. The monoisotopic (exact) mass is 446 g/mol. The molecule has 0 saturated carbocycles. The van der Waals surface area contributed by atoms with E-state index < -0.39 is 5.97 Å². The summed E-state index contributed by atoms with van der Waals surface area (Å²) in [6.45, 7) is 0. The molecule has 7 heteroatoms. The van der Waals surface area contributed by atoms with E-state index in [0.717, 1.165) is 41.7 Å². The van der Waals surface area contributed by atoms with Gasteiger partial charge in [-0.3, -0.25) is 0 Å². The highest BCUT2D eigenvalue weighted by Crippen LogP contribution is 2.36. The molecule has 0 fully saturated rings. The number of carboxylic acid groups (broad SMARTS) is 1. The molecule has 2 aromatic carbocycles. The molecule has 0 amide bonds. The maximum absolute atomic E-state index is 11.9. The van der Waals surface area contributed by atoms with Gasteiger partial charge >= 0.3 is 5.97 Å². The summed E-state index contributed by atoms with van der Waals surface area (Å²) in [5, 5.41) is 15.8. The molecule has 0 spiro atoms. The first kappa shape index (κ1) is 20.0. The lowest BCUT2D eigenvalue weighted by molar-refractivity contribution is 0.0688. The van der Waals surface area contributed by atoms with E-state index in [1.807, 2.05) is 24.3 Å². The van der Waals surface area contributed by atoms with Gasteiger partial charge in [0.05, 0.1) is 16.4 Å². The molecule has 1 aliphatic carbocycles. The zero-order valence-corrected chi connectivity index (χ0v) is 17.6. The molecule has 3 aromatic rings. The summed E-state index contributed by atoms with van der Waals surface area (Å²) in [4.78, 5) is 11.9. The summed E-state index contributed by atoms with van der Waals surface area (Å²) >= 11 is 18.5. The van der Waals surface area contributed by atoms with Gasteiger partial charge in [-0.05, 0) is 73.2 Å². The largest absolute Gasteiger partial charge is 0.476 e. The van der Waals surface area contributed by atoms with Crippen LogP contribution in [0.3, 0.4) is 0 Å². The number of hydrogen-bond donors (Lipinski definition) is 1. The van der Waals surface area contributed by atoms with E-state index >= 15 is 0 Å². The van der Waals surface area contributed by atoms with Crippen molar-refractivity contribution >= 4 is 52.4 Å². The minimum Gasteiger partial charge on any atom is -0.476 e. The van der Waals surface area contributed by atoms with E-state index in [0.29, 0.717) is 27.2 Å². The van der Waals surface area contributed by atoms with Crippen molar-refractivity contribution in [3.05, 3.63) is 80.0 Å². The lowest BCUT2D eigenvalue weighted by Crippen LogP contribution is -2.04. The summed E-state index contributed by atoms with van der Waals surface area (Å²) < 4.78 is 1.64. The second kappa shape index (κ2) is 8.23. The van der Waals surface area contributed by atoms with Crippen LogP contribution in [0.15, 0.2) is 42.5 Å². The van der Waals surface area contributed by atoms with Crippen LogP contribution >= 0.6 is 34.8 Å². The number of benzene rings is 2. The lowest BCUT2D eigenvalue weighted by Gasteiger charge is -2.13. The van der Waals surface area contributed by atoms with Crippen molar-refractivity contribution in [1.82, 2.24) is 9.78 Å². The van der Waals surface area contributed by atoms with Crippen molar-refractivity contribution in [2.45, 2.75) is 25.7 Å². The Morgan fingerprint density at radius 2 is 1.69 bits per heavy atom. The number of aromatic nitrogens is 2. The average molecular weight is 448 g/mol. The third-order valence-corrected chi connectivity index (χ3v) is 5.75. The maximum Gasteiger partial charge on any atom is 0.356 e. The number of rotatable bonds is 3. The Hall–Kier alpha value is -2.27. The van der Waals surface area contributed by atoms with Crippen molar-refractivity contribution < 1.29 is 9.90 Å². The van der Waals surface area contributed by atoms with Crippen LogP contribution in [0.25, 0.3) is 17.3 Å². The molecule has 0 saturated heterocycles. The molecule has 0 radical (unpaired) electrons. The van der Waals surface area contributed by atoms with Gasteiger partial charge in [-0.15, -0.1) is 0 Å². The van der Waals surface area contributed by atoms with E-state index in [1.54, 1.807) is 22.9 Å². The van der Waals surface area contributed by atoms with Crippen LogP contribution in [-0.4, -0.2) is 20.9 Å². The van der Waals surface area contributed by atoms with Gasteiger partial charge in [0, 0.05) is 15.6 Å². The van der Waals surface area contributed by atoms with Crippen LogP contribution < -0.4 is 0 Å². The fourth-order valence-corrected chi connectivity index (χ4v) is 4.27. The Morgan fingerprint density at radius 1 is 1.00 bits per heavy atom. The van der Waals surface area contributed by atoms with Gasteiger partial charge < -0.3 is 5.11 Å². The molecule has 148 valence electrons. The molecule has 0 bridgehead atoms. The molecule has 29 heavy (non-hydrogen) atoms. The number of carbonyl (C=O) groups is 1. The third-order valence-electron chi connectivity index (χ3n) is 4.96. The van der Waals surface area contributed by atoms with Gasteiger partial charge in [-0.1, -0.05) is 46.9 Å². The van der Waals surface area contributed by atoms with Crippen molar-refractivity contribution in [2.24, 2.45) is 0 Å². The Kier molecular flexibility index (Phi) is 5.68. The predicted octanol–water partition coefficient (Wildman–Crippen LogP) is 6.80. The molecule has 1 aromatic heterocycles. The normalized spacial score (nSPS) is 15.2. The number of halogens is 3. The summed E-state index contributed by atoms with van der Waals surface area (Å²) in [5.41, 5.74) is 4.20. The molecule has 1 aliphatic rings. The van der Waals surface area contributed by atoms with E-state index in [9.17, 15) is 9.90 Å². The molecule has 1 N–H and O–H groups in total. The Labute approximate surface area is 183 Å². The highest BCUT2D eigenvalue weighted by Gasteiger charge is 2.27. The van der Waals surface area contributed by atoms with Crippen molar-refractivity contribution in [1.29, 1.82) is 0 Å². The summed E-state index contributed by atoms with van der Waals surface area (Å²) in [5.74, 6) is -1.04. The molecule has 4 rings (SSSR count). The first-order valence-corrected chi connectivity index (χ1v) is 10.3. The summed E-state index contributed by atoms with van der Waals surface area (Å²) in [6, 6.07) is 12.7. The van der Waals surface area contributed by atoms with Gasteiger partial charge in [0.2, 0.25) is 0 Å². The fraction of sp³-hybridized carbons (Fsp3) is 0.182. The van der Waals surface area contributed by atoms with E-state index in [-0.39, 0.29) is 5.69 Å². The molecule has 0 aliphatic heterocycles. The van der Waals surface area contributed by atoms with Crippen LogP contribution in [0, 0.1) is 0 Å². The second-order valence-electron chi connectivity index (χ2n) is 6.92. The third kappa shape index (κ3) is 4.06. The van der Waals surface area contributed by atoms with Crippen molar-refractivity contribution in [2.75, 3.05) is 0 Å². The standard InChI is InChI=1S/C22H17Cl3N2O2/c23-15-7-5-13(6-8-15)11-14-3-1-2-4-17-20(22(28)29)26-27(21(14)17)19-10-9-16(24)12-18(19)25/h5-12H,1-4H2,(H,28,29)/b14-11+. The van der Waals surface area contributed by atoms with Crippen molar-refractivity contribution in [3.8, 4) is 5.69 Å². The first-order chi connectivity index (χ1) is 13.9. The van der Waals surface area contributed by atoms with Gasteiger partial charge in [0.1, 0.15) is 0 Å². The number of carboxylic acids is 1. The van der Waals surface area contributed by atoms with Crippen LogP contribution in [0.5, 0.6) is 0 Å². The predicted molar refractivity (Wildman–Crippen MR) is 117 cm³/mol. The number of allylic oxidation sites excluding steroid dienone is 1. The van der Waals surface area contributed by atoms with Gasteiger partial charge in [-0.2, -0.15) is 5.10 Å². The number of nitrogens with zero attached hydrogens (tertiary/aromatic N) is 2. The van der Waals surface area contributed by atoms with Gasteiger partial charge in [0.15, 0.2) is 5.69 Å². The Balaban J connectivity index is 1.96.